The molecule has 4 saturated carbocycles. The van der Waals surface area contributed by atoms with Crippen LogP contribution >= 0.6 is 23.2 Å². The number of ketones is 1. The van der Waals surface area contributed by atoms with E-state index in [1.807, 2.05) is 26.2 Å². The van der Waals surface area contributed by atoms with Crippen molar-refractivity contribution in [2.45, 2.75) is 145 Å². The lowest BCUT2D eigenvalue weighted by Crippen LogP contribution is -2.66. The molecule has 11 heteroatoms. The third kappa shape index (κ3) is 6.63. The van der Waals surface area contributed by atoms with Gasteiger partial charge in [0.1, 0.15) is 11.1 Å². The van der Waals surface area contributed by atoms with E-state index in [9.17, 15) is 24.3 Å². The number of carbonyl (C=O) groups excluding carboxylic acids is 2. The van der Waals surface area contributed by atoms with Crippen molar-refractivity contribution in [3.63, 3.8) is 0 Å². The summed E-state index contributed by atoms with van der Waals surface area (Å²) in [6.07, 6.45) is 7.27. The van der Waals surface area contributed by atoms with Crippen LogP contribution in [0.4, 0.5) is 0 Å². The van der Waals surface area contributed by atoms with Gasteiger partial charge in [-0.15, -0.1) is 0 Å². The highest BCUT2D eigenvalue weighted by molar-refractivity contribution is 6.31. The molecule has 59 heavy (non-hydrogen) atoms. The molecule has 324 valence electrons. The first-order valence-corrected chi connectivity index (χ1v) is 22.8. The number of aromatic nitrogens is 2. The quantitative estimate of drug-likeness (QED) is 0.237. The Labute approximate surface area is 361 Å². The van der Waals surface area contributed by atoms with Crippen molar-refractivity contribution in [2.24, 2.45) is 50.7 Å². The number of likely N-dealkylation sites (N-methyl/N-ethyl adjacent to an activating group) is 1. The smallest absolute Gasteiger partial charge is 0.309 e. The van der Waals surface area contributed by atoms with Crippen LogP contribution in [-0.2, 0) is 31.1 Å². The number of carboxylic acids is 1. The number of nitrogens with zero attached hydrogens (tertiary/aromatic N) is 3. The number of esters is 1. The number of ether oxygens (including phenoxy) is 1. The molecule has 0 spiro atoms. The minimum absolute atomic E-state index is 0.00871. The number of allylic oxidation sites excluding steroid dienone is 2. The second kappa shape index (κ2) is 14.9. The van der Waals surface area contributed by atoms with Gasteiger partial charge in [0.25, 0.3) is 5.56 Å². The summed E-state index contributed by atoms with van der Waals surface area (Å²) < 4.78 is 10.00. The van der Waals surface area contributed by atoms with Gasteiger partial charge in [0.05, 0.1) is 29.8 Å². The first-order chi connectivity index (χ1) is 27.4. The summed E-state index contributed by atoms with van der Waals surface area (Å²) >= 11 is 13.7. The van der Waals surface area contributed by atoms with Crippen LogP contribution in [0.15, 0.2) is 40.2 Å². The standard InChI is InChI=1S/C48H67Cl2N3O6/c1-28(2)37-32(54)26-48(40-39(50)41(56)53(52(40)25-24-51(10)11)30-14-12-29(49)13-15-30)23-22-46(8)31(38(37)48)16-17-34-45(7)20-19-35(59-36(55)27-43(3,4)42(57)58)44(5,6)33(45)18-21-47(34,46)9/h12-15,28,31,33-35H,16-27H2,1-11H3,(H,57,58)/t31-,33+,34-,35+,45+,46-,47-,48-/m1/s1. The Balaban J connectivity index is 1.29. The van der Waals surface area contributed by atoms with Gasteiger partial charge >= 0.3 is 11.9 Å². The maximum atomic E-state index is 14.6. The largest absolute Gasteiger partial charge is 0.481 e. The Morgan fingerprint density at radius 3 is 2.19 bits per heavy atom. The zero-order valence-electron chi connectivity index (χ0n) is 37.3. The van der Waals surface area contributed by atoms with Crippen molar-refractivity contribution in [1.29, 1.82) is 0 Å². The number of carbonyl (C=O) groups is 3. The van der Waals surface area contributed by atoms with Gasteiger partial charge in [-0.25, -0.2) is 4.68 Å². The Kier molecular flexibility index (Phi) is 11.2. The summed E-state index contributed by atoms with van der Waals surface area (Å²) in [5, 5.41) is 10.5. The number of Topliss-reactive ketones (excluding diaryl/α,β-unsaturated/α-hetero) is 1. The molecule has 0 unspecified atom stereocenters. The molecule has 0 aliphatic heterocycles. The number of benzene rings is 1. The van der Waals surface area contributed by atoms with Gasteiger partial charge in [0, 0.05) is 28.8 Å². The predicted octanol–water partition coefficient (Wildman–Crippen LogP) is 10.2. The molecular weight excluding hydrogens is 785 g/mol. The number of hydrogen-bond acceptors (Lipinski definition) is 6. The van der Waals surface area contributed by atoms with Gasteiger partial charge < -0.3 is 14.7 Å². The molecule has 5 aliphatic carbocycles. The van der Waals surface area contributed by atoms with Crippen molar-refractivity contribution >= 4 is 40.9 Å². The van der Waals surface area contributed by atoms with E-state index < -0.39 is 22.8 Å². The number of fused-ring (bicyclic) bond motifs is 7. The van der Waals surface area contributed by atoms with Crippen LogP contribution in [0, 0.1) is 50.7 Å². The Bertz CT molecular complexity index is 2130. The normalized spacial score (nSPS) is 34.1. The number of carboxylic acid groups (broad SMARTS) is 1. The Morgan fingerprint density at radius 2 is 1.58 bits per heavy atom. The topological polar surface area (TPSA) is 111 Å². The van der Waals surface area contributed by atoms with Crippen LogP contribution < -0.4 is 5.56 Å². The van der Waals surface area contributed by atoms with Gasteiger partial charge in [-0.1, -0.05) is 71.7 Å². The minimum atomic E-state index is -1.19. The average Bonchev–Trinajstić information content (AvgIpc) is 3.58. The fraction of sp³-hybridized carbons (Fsp3) is 0.708. The van der Waals surface area contributed by atoms with Gasteiger partial charge in [0.2, 0.25) is 0 Å². The molecule has 1 N–H and O–H groups in total. The van der Waals surface area contributed by atoms with E-state index >= 15 is 0 Å². The van der Waals surface area contributed by atoms with Crippen LogP contribution in [0.1, 0.15) is 132 Å². The summed E-state index contributed by atoms with van der Waals surface area (Å²) in [6.45, 7) is 20.8. The lowest BCUT2D eigenvalue weighted by molar-refractivity contribution is -0.232. The molecular formula is C48H67Cl2N3O6. The van der Waals surface area contributed by atoms with Gasteiger partial charge in [-0.05, 0) is 155 Å². The van der Waals surface area contributed by atoms with E-state index in [0.717, 1.165) is 62.6 Å². The van der Waals surface area contributed by atoms with Crippen molar-refractivity contribution < 1.29 is 24.2 Å². The number of hydrogen-bond donors (Lipinski definition) is 1. The molecule has 7 rings (SSSR count). The van der Waals surface area contributed by atoms with Crippen LogP contribution in [0.5, 0.6) is 0 Å². The predicted molar refractivity (Wildman–Crippen MR) is 233 cm³/mol. The van der Waals surface area contributed by atoms with E-state index in [0.29, 0.717) is 42.1 Å². The SMILES string of the molecule is CC(C)C1=C2[C@H]3CC[C@@H]4[C@@]5(C)CC[C@H](OC(=O)CC(C)(C)C(=O)O)C(C)(C)[C@@H]5CC[C@@]4(C)[C@]3(C)CC[C@@]2(c2c(Cl)c(=O)n(-c3ccc(Cl)cc3)n2CCN(C)C)CC1=O. The zero-order valence-corrected chi connectivity index (χ0v) is 38.8. The van der Waals surface area contributed by atoms with Crippen LogP contribution in [-0.4, -0.2) is 63.8 Å². The monoisotopic (exact) mass is 851 g/mol. The Hall–Kier alpha value is -2.88. The van der Waals surface area contributed by atoms with Crippen molar-refractivity contribution in [2.75, 3.05) is 20.6 Å². The molecule has 5 aliphatic rings. The molecule has 8 atom stereocenters. The highest BCUT2D eigenvalue weighted by Crippen LogP contribution is 2.77. The number of halogens is 2. The van der Waals surface area contributed by atoms with E-state index in [1.165, 1.54) is 5.57 Å². The van der Waals surface area contributed by atoms with Crippen LogP contribution in [0.25, 0.3) is 5.69 Å². The molecule has 1 aromatic heterocycles. The first kappa shape index (κ1) is 44.2. The van der Waals surface area contributed by atoms with Crippen LogP contribution in [0.2, 0.25) is 10.0 Å². The first-order valence-electron chi connectivity index (χ1n) is 22.0. The Morgan fingerprint density at radius 1 is 0.915 bits per heavy atom. The number of aliphatic carboxylic acids is 1. The highest BCUT2D eigenvalue weighted by Gasteiger charge is 2.71. The van der Waals surface area contributed by atoms with Gasteiger partial charge in [-0.2, -0.15) is 0 Å². The van der Waals surface area contributed by atoms with Crippen LogP contribution in [0.3, 0.4) is 0 Å². The lowest BCUT2D eigenvalue weighted by atomic mass is 9.33. The van der Waals surface area contributed by atoms with Crippen molar-refractivity contribution in [3.8, 4) is 5.69 Å². The third-order valence-electron chi connectivity index (χ3n) is 17.2. The molecule has 2 aromatic rings. The fourth-order valence-corrected chi connectivity index (χ4v) is 14.5. The molecule has 4 fully saturated rings. The summed E-state index contributed by atoms with van der Waals surface area (Å²) in [5.41, 5.74) is 1.10. The summed E-state index contributed by atoms with van der Waals surface area (Å²) in [5.74, 6) is -0.323. The maximum absolute atomic E-state index is 14.6. The molecule has 1 heterocycles. The molecule has 0 amide bonds. The molecule has 0 radical (unpaired) electrons. The maximum Gasteiger partial charge on any atom is 0.309 e. The average molecular weight is 853 g/mol. The molecule has 1 aromatic carbocycles. The molecule has 9 nitrogen and oxygen atoms in total. The second-order valence-corrected chi connectivity index (χ2v) is 22.5. The minimum Gasteiger partial charge on any atom is -0.481 e. The third-order valence-corrected chi connectivity index (χ3v) is 17.8. The van der Waals surface area contributed by atoms with Crippen molar-refractivity contribution in [1.82, 2.24) is 14.3 Å². The second-order valence-electron chi connectivity index (χ2n) is 21.7. The zero-order chi connectivity index (χ0) is 43.4. The fourth-order valence-electron chi connectivity index (χ4n) is 14.1. The summed E-state index contributed by atoms with van der Waals surface area (Å²) in [7, 11) is 4.05. The van der Waals surface area contributed by atoms with E-state index in [4.69, 9.17) is 27.9 Å². The van der Waals surface area contributed by atoms with Crippen molar-refractivity contribution in [3.05, 3.63) is 61.5 Å². The number of rotatable bonds is 10. The molecule has 0 saturated heterocycles. The van der Waals surface area contributed by atoms with Gasteiger partial charge in [0.15, 0.2) is 5.78 Å². The summed E-state index contributed by atoms with van der Waals surface area (Å²) in [4.78, 5) is 56.2. The van der Waals surface area contributed by atoms with Gasteiger partial charge in [-0.3, -0.25) is 23.9 Å². The lowest BCUT2D eigenvalue weighted by Gasteiger charge is -2.72. The van der Waals surface area contributed by atoms with E-state index in [2.05, 4.69) is 58.0 Å². The van der Waals surface area contributed by atoms with E-state index in [-0.39, 0.29) is 62.4 Å². The van der Waals surface area contributed by atoms with E-state index in [1.54, 1.807) is 30.7 Å². The molecule has 0 bridgehead atoms. The highest BCUT2D eigenvalue weighted by atomic mass is 35.5. The summed E-state index contributed by atoms with van der Waals surface area (Å²) in [6, 6.07) is 7.31.